The van der Waals surface area contributed by atoms with Crippen molar-refractivity contribution in [3.8, 4) is 11.1 Å². The maximum absolute atomic E-state index is 12.6. The molecule has 1 aliphatic rings. The van der Waals surface area contributed by atoms with Crippen molar-refractivity contribution in [2.24, 2.45) is 5.92 Å². The van der Waals surface area contributed by atoms with E-state index in [-0.39, 0.29) is 36.7 Å². The maximum atomic E-state index is 12.6. The van der Waals surface area contributed by atoms with E-state index in [1.807, 2.05) is 66.7 Å². The van der Waals surface area contributed by atoms with Crippen molar-refractivity contribution in [1.29, 1.82) is 0 Å². The van der Waals surface area contributed by atoms with Gasteiger partial charge in [-0.05, 0) is 71.6 Å². The molecule has 1 aliphatic heterocycles. The van der Waals surface area contributed by atoms with Crippen LogP contribution in [0.1, 0.15) is 70.5 Å². The first-order chi connectivity index (χ1) is 23.4. The second kappa shape index (κ2) is 15.5. The third kappa shape index (κ3) is 7.92. The summed E-state index contributed by atoms with van der Waals surface area (Å²) in [4.78, 5) is 15.0. The van der Waals surface area contributed by atoms with Gasteiger partial charge in [0.15, 0.2) is 6.29 Å². The lowest BCUT2D eigenvalue weighted by atomic mass is 9.89. The van der Waals surface area contributed by atoms with E-state index < -0.39 is 6.29 Å². The highest BCUT2D eigenvalue weighted by atomic mass is 16.7. The fourth-order valence-corrected chi connectivity index (χ4v) is 6.36. The topological polar surface area (TPSA) is 71.0 Å². The molecule has 1 saturated heterocycles. The lowest BCUT2D eigenvalue weighted by Gasteiger charge is -2.43. The fourth-order valence-electron chi connectivity index (χ4n) is 6.36. The number of hydrogen-bond acceptors (Lipinski definition) is 5. The second-order valence-corrected chi connectivity index (χ2v) is 12.7. The van der Waals surface area contributed by atoms with Crippen LogP contribution in [0.15, 0.2) is 133 Å². The highest BCUT2D eigenvalue weighted by molar-refractivity contribution is 5.94. The van der Waals surface area contributed by atoms with Crippen molar-refractivity contribution in [1.82, 2.24) is 10.2 Å². The Bertz CT molecular complexity index is 1780. The van der Waals surface area contributed by atoms with Gasteiger partial charge < -0.3 is 19.9 Å². The first kappa shape index (κ1) is 33.3. The summed E-state index contributed by atoms with van der Waals surface area (Å²) < 4.78 is 13.6. The van der Waals surface area contributed by atoms with E-state index in [2.05, 4.69) is 97.8 Å². The van der Waals surface area contributed by atoms with Crippen LogP contribution >= 0.6 is 0 Å². The molecule has 0 bridgehead atoms. The van der Waals surface area contributed by atoms with Crippen molar-refractivity contribution in [2.45, 2.75) is 51.5 Å². The zero-order valence-corrected chi connectivity index (χ0v) is 27.8. The van der Waals surface area contributed by atoms with Crippen LogP contribution in [-0.4, -0.2) is 35.6 Å². The van der Waals surface area contributed by atoms with E-state index in [1.54, 1.807) is 0 Å². The minimum atomic E-state index is -0.567. The Morgan fingerprint density at radius 2 is 1.44 bits per heavy atom. The van der Waals surface area contributed by atoms with Gasteiger partial charge in [-0.25, -0.2) is 0 Å². The number of hydrogen-bond donors (Lipinski definition) is 2. The van der Waals surface area contributed by atoms with Crippen molar-refractivity contribution < 1.29 is 19.4 Å². The molecule has 5 aromatic rings. The smallest absolute Gasteiger partial charge is 0.251 e. The average Bonchev–Trinajstić information content (AvgIpc) is 3.15. The number of likely N-dealkylation sites (N-methyl/N-ethyl adjacent to an activating group) is 1. The molecule has 48 heavy (non-hydrogen) atoms. The molecule has 0 aliphatic carbocycles. The van der Waals surface area contributed by atoms with Gasteiger partial charge in [-0.2, -0.15) is 0 Å². The Balaban J connectivity index is 1.23. The van der Waals surface area contributed by atoms with Crippen LogP contribution in [0.5, 0.6) is 0 Å². The molecule has 0 aromatic heterocycles. The maximum Gasteiger partial charge on any atom is 0.251 e. The summed E-state index contributed by atoms with van der Waals surface area (Å²) in [5, 5.41) is 12.7. The number of nitrogens with zero attached hydrogens (tertiary/aromatic N) is 1. The van der Waals surface area contributed by atoms with E-state index in [4.69, 9.17) is 9.47 Å². The number of ether oxygens (including phenoxy) is 2. The highest BCUT2D eigenvalue weighted by Gasteiger charge is 2.39. The van der Waals surface area contributed by atoms with Gasteiger partial charge in [0.05, 0.1) is 18.8 Å². The van der Waals surface area contributed by atoms with Crippen LogP contribution in [0.4, 0.5) is 0 Å². The number of rotatable bonds is 11. The number of carbonyl (C=O) groups is 1. The van der Waals surface area contributed by atoms with Crippen LogP contribution in [0, 0.1) is 5.92 Å². The Morgan fingerprint density at radius 1 is 0.771 bits per heavy atom. The van der Waals surface area contributed by atoms with E-state index in [0.717, 1.165) is 39.9 Å². The SMILES string of the molecule is C[C@@H]1[C@H](CN(C)[C@@H](C)c2ccccc2)O[C@H](c2cccc(-c3cccc(CNC(=O)c4ccccc4)c3)c2)O[C@@H]1c1ccc(CO)cc1. The summed E-state index contributed by atoms with van der Waals surface area (Å²) in [6.07, 6.45) is -0.854. The molecule has 246 valence electrons. The van der Waals surface area contributed by atoms with E-state index in [1.165, 1.54) is 5.56 Å². The monoisotopic (exact) mass is 640 g/mol. The van der Waals surface area contributed by atoms with Crippen molar-refractivity contribution in [2.75, 3.05) is 13.6 Å². The van der Waals surface area contributed by atoms with E-state index >= 15 is 0 Å². The third-order valence-corrected chi connectivity index (χ3v) is 9.44. The molecule has 1 amide bonds. The molecular weight excluding hydrogens is 596 g/mol. The van der Waals surface area contributed by atoms with E-state index in [9.17, 15) is 9.90 Å². The predicted octanol–water partition coefficient (Wildman–Crippen LogP) is 8.26. The van der Waals surface area contributed by atoms with Gasteiger partial charge in [-0.3, -0.25) is 9.69 Å². The van der Waals surface area contributed by atoms with Gasteiger partial charge >= 0.3 is 0 Å². The Labute approximate surface area is 284 Å². The zero-order valence-electron chi connectivity index (χ0n) is 27.8. The van der Waals surface area contributed by atoms with Gasteiger partial charge in [0, 0.05) is 36.2 Å². The second-order valence-electron chi connectivity index (χ2n) is 12.7. The van der Waals surface area contributed by atoms with Gasteiger partial charge in [0.25, 0.3) is 5.91 Å². The van der Waals surface area contributed by atoms with Gasteiger partial charge in [-0.15, -0.1) is 0 Å². The van der Waals surface area contributed by atoms with Crippen molar-refractivity contribution >= 4 is 5.91 Å². The van der Waals surface area contributed by atoms with Crippen molar-refractivity contribution in [3.63, 3.8) is 0 Å². The predicted molar refractivity (Wildman–Crippen MR) is 190 cm³/mol. The molecular formula is C42H44N2O4. The van der Waals surface area contributed by atoms with Crippen LogP contribution in [0.2, 0.25) is 0 Å². The molecule has 1 heterocycles. The van der Waals surface area contributed by atoms with Gasteiger partial charge in [0.2, 0.25) is 0 Å². The summed E-state index contributed by atoms with van der Waals surface area (Å²) >= 11 is 0. The van der Waals surface area contributed by atoms with Crippen LogP contribution in [0.3, 0.4) is 0 Å². The molecule has 0 unspecified atom stereocenters. The highest BCUT2D eigenvalue weighted by Crippen LogP contribution is 2.42. The minimum absolute atomic E-state index is 0.00523. The molecule has 6 nitrogen and oxygen atoms in total. The normalized spacial score (nSPS) is 19.9. The number of aliphatic hydroxyl groups excluding tert-OH is 1. The Kier molecular flexibility index (Phi) is 10.8. The summed E-state index contributed by atoms with van der Waals surface area (Å²) in [6.45, 7) is 5.60. The minimum Gasteiger partial charge on any atom is -0.392 e. The molecule has 2 N–H and O–H groups in total. The number of nitrogens with one attached hydrogen (secondary N) is 1. The quantitative estimate of drug-likeness (QED) is 0.152. The lowest BCUT2D eigenvalue weighted by molar-refractivity contribution is -0.276. The number of benzene rings is 5. The first-order valence-corrected chi connectivity index (χ1v) is 16.7. The summed E-state index contributed by atoms with van der Waals surface area (Å²) in [5.74, 6) is -0.0136. The Hall–Kier alpha value is -4.59. The standard InChI is InChI=1S/C42H44N2O4/c1-29-39(27-44(3)30(2)33-13-6-4-7-14-33)47-42(48-40(29)34-22-20-31(28-45)21-23-34)38-19-11-18-37(25-38)36-17-10-12-32(24-36)26-43-41(46)35-15-8-5-9-16-35/h4-25,29-30,39-40,42,45H,26-28H2,1-3H3,(H,43,46)/t29-,30+,39+,40+,42+/m1/s1. The third-order valence-electron chi connectivity index (χ3n) is 9.44. The molecule has 6 rings (SSSR count). The average molecular weight is 641 g/mol. The van der Waals surface area contributed by atoms with Crippen LogP contribution < -0.4 is 5.32 Å². The summed E-state index contributed by atoms with van der Waals surface area (Å²) in [5.41, 5.74) is 7.91. The number of aliphatic hydroxyl groups is 1. The lowest BCUT2D eigenvalue weighted by Crippen LogP contribution is -2.44. The first-order valence-electron chi connectivity index (χ1n) is 16.7. The number of carbonyl (C=O) groups excluding carboxylic acids is 1. The molecule has 5 aromatic carbocycles. The summed E-state index contributed by atoms with van der Waals surface area (Å²) in [6, 6.07) is 44.7. The van der Waals surface area contributed by atoms with Gasteiger partial charge in [-0.1, -0.05) is 116 Å². The van der Waals surface area contributed by atoms with Crippen LogP contribution in [-0.2, 0) is 22.6 Å². The van der Waals surface area contributed by atoms with Crippen molar-refractivity contribution in [3.05, 3.63) is 167 Å². The van der Waals surface area contributed by atoms with E-state index in [0.29, 0.717) is 12.1 Å². The molecule has 6 heteroatoms. The molecule has 0 saturated carbocycles. The van der Waals surface area contributed by atoms with Gasteiger partial charge in [0.1, 0.15) is 0 Å². The molecule has 1 fully saturated rings. The molecule has 0 spiro atoms. The number of amides is 1. The fraction of sp³-hybridized carbons (Fsp3) is 0.262. The molecule has 5 atom stereocenters. The Morgan fingerprint density at radius 3 is 2.15 bits per heavy atom. The largest absolute Gasteiger partial charge is 0.392 e. The van der Waals surface area contributed by atoms with Crippen LogP contribution in [0.25, 0.3) is 11.1 Å². The zero-order chi connectivity index (χ0) is 33.5. The summed E-state index contributed by atoms with van der Waals surface area (Å²) in [7, 11) is 2.15. The molecule has 0 radical (unpaired) electrons.